The first kappa shape index (κ1) is 25.5. The van der Waals surface area contributed by atoms with Crippen molar-refractivity contribution in [2.75, 3.05) is 26.7 Å². The van der Waals surface area contributed by atoms with E-state index >= 15 is 0 Å². The molecule has 0 saturated carbocycles. The number of hydrogen-bond donors (Lipinski definition) is 1. The van der Waals surface area contributed by atoms with Gasteiger partial charge in [0, 0.05) is 58.4 Å². The molecule has 9 nitrogen and oxygen atoms in total. The number of carbonyl (C=O) groups is 2. The molecule has 2 amide bonds. The Hall–Kier alpha value is -3.12. The number of piperazine rings is 1. The first-order chi connectivity index (χ1) is 17.6. The smallest absolute Gasteiger partial charge is 0.406 e. The second kappa shape index (κ2) is 9.97. The summed E-state index contributed by atoms with van der Waals surface area (Å²) < 4.78 is 42.9. The Bertz CT molecular complexity index is 1130. The Kier molecular flexibility index (Phi) is 6.88. The SMILES string of the molecule is CN1C(=O)C(=O)N(C2CCN(Cc3ccc(OC(F)(F)F)cc3)CC2)C2NCC(c3cnn(C)c3)CC21. The minimum absolute atomic E-state index is 0.0566. The van der Waals surface area contributed by atoms with E-state index < -0.39 is 18.2 Å². The van der Waals surface area contributed by atoms with E-state index in [0.29, 0.717) is 13.1 Å². The Labute approximate surface area is 213 Å². The first-order valence-corrected chi connectivity index (χ1v) is 12.5. The number of alkyl halides is 3. The zero-order valence-corrected chi connectivity index (χ0v) is 20.8. The van der Waals surface area contributed by atoms with Gasteiger partial charge in [-0.15, -0.1) is 13.2 Å². The zero-order valence-electron chi connectivity index (χ0n) is 20.8. The lowest BCUT2D eigenvalue weighted by Crippen LogP contribution is -2.72. The molecule has 2 aromatic rings. The van der Waals surface area contributed by atoms with Crippen LogP contribution in [0.15, 0.2) is 36.7 Å². The average Bonchev–Trinajstić information content (AvgIpc) is 3.30. The number of hydrogen-bond acceptors (Lipinski definition) is 6. The van der Waals surface area contributed by atoms with Crippen molar-refractivity contribution < 1.29 is 27.5 Å². The summed E-state index contributed by atoms with van der Waals surface area (Å²) in [7, 11) is 3.58. The van der Waals surface area contributed by atoms with Gasteiger partial charge in [-0.05, 0) is 42.5 Å². The molecule has 12 heteroatoms. The first-order valence-electron chi connectivity index (χ1n) is 12.5. The van der Waals surface area contributed by atoms with Crippen LogP contribution in [0.25, 0.3) is 0 Å². The standard InChI is InChI=1S/C25H31F3N6O3/c1-31-15-18(13-30-31)17-11-21-22(29-12-17)34(24(36)23(35)32(21)2)19-7-9-33(10-8-19)14-16-3-5-20(6-4-16)37-25(26,27)28/h3-6,13,15,17,19,21-22,29H,7-12,14H2,1-2H3. The second-order valence-corrected chi connectivity index (χ2v) is 10.1. The van der Waals surface area contributed by atoms with Crippen LogP contribution in [0.4, 0.5) is 13.2 Å². The normalized spacial score (nSPS) is 25.9. The van der Waals surface area contributed by atoms with Gasteiger partial charge in [-0.2, -0.15) is 5.10 Å². The number of aromatic nitrogens is 2. The molecule has 3 aliphatic rings. The maximum absolute atomic E-state index is 13.1. The van der Waals surface area contributed by atoms with Crippen LogP contribution in [0, 0.1) is 0 Å². The van der Waals surface area contributed by atoms with Crippen LogP contribution in [-0.4, -0.2) is 87.6 Å². The van der Waals surface area contributed by atoms with Gasteiger partial charge in [-0.1, -0.05) is 12.1 Å². The monoisotopic (exact) mass is 520 g/mol. The van der Waals surface area contributed by atoms with Crippen LogP contribution in [0.2, 0.25) is 0 Å². The number of amides is 2. The van der Waals surface area contributed by atoms with E-state index in [1.54, 1.807) is 33.7 Å². The number of likely N-dealkylation sites (tertiary alicyclic amines) is 1. The third kappa shape index (κ3) is 5.45. The lowest BCUT2D eigenvalue weighted by molar-refractivity contribution is -0.274. The molecule has 4 heterocycles. The quantitative estimate of drug-likeness (QED) is 0.608. The molecule has 1 aromatic carbocycles. The summed E-state index contributed by atoms with van der Waals surface area (Å²) in [5.41, 5.74) is 2.00. The number of piperidine rings is 2. The maximum atomic E-state index is 13.1. The molecule has 1 aromatic heterocycles. The molecule has 0 radical (unpaired) electrons. The molecule has 3 atom stereocenters. The second-order valence-electron chi connectivity index (χ2n) is 10.1. The van der Waals surface area contributed by atoms with Crippen LogP contribution in [0.3, 0.4) is 0 Å². The molecule has 5 rings (SSSR count). The van der Waals surface area contributed by atoms with E-state index in [1.165, 1.54) is 12.1 Å². The number of nitrogens with one attached hydrogen (secondary N) is 1. The van der Waals surface area contributed by atoms with Gasteiger partial charge in [0.25, 0.3) is 0 Å². The third-order valence-corrected chi connectivity index (χ3v) is 7.71. The van der Waals surface area contributed by atoms with E-state index in [0.717, 1.165) is 43.5 Å². The van der Waals surface area contributed by atoms with Crippen LogP contribution in [-0.2, 0) is 23.2 Å². The number of fused-ring (bicyclic) bond motifs is 1. The lowest BCUT2D eigenvalue weighted by Gasteiger charge is -2.53. The van der Waals surface area contributed by atoms with Crippen molar-refractivity contribution in [3.63, 3.8) is 0 Å². The van der Waals surface area contributed by atoms with Crippen molar-refractivity contribution in [3.8, 4) is 5.75 Å². The highest BCUT2D eigenvalue weighted by Gasteiger charge is 2.49. The number of halogens is 3. The number of likely N-dealkylation sites (N-methyl/N-ethyl adjacent to an activating group) is 1. The van der Waals surface area contributed by atoms with Crippen molar-refractivity contribution >= 4 is 11.8 Å². The van der Waals surface area contributed by atoms with Gasteiger partial charge in [0.2, 0.25) is 0 Å². The molecule has 3 unspecified atom stereocenters. The highest BCUT2D eigenvalue weighted by atomic mass is 19.4. The number of carbonyl (C=O) groups excluding carboxylic acids is 2. The minimum atomic E-state index is -4.71. The van der Waals surface area contributed by atoms with Gasteiger partial charge in [0.05, 0.1) is 12.2 Å². The molecule has 3 saturated heterocycles. The maximum Gasteiger partial charge on any atom is 0.573 e. The van der Waals surface area contributed by atoms with Crippen LogP contribution >= 0.6 is 0 Å². The fourth-order valence-electron chi connectivity index (χ4n) is 5.80. The van der Waals surface area contributed by atoms with Crippen LogP contribution < -0.4 is 10.1 Å². The molecule has 0 aliphatic carbocycles. The Balaban J connectivity index is 1.21. The van der Waals surface area contributed by atoms with E-state index in [-0.39, 0.29) is 29.9 Å². The molecular weight excluding hydrogens is 489 g/mol. The van der Waals surface area contributed by atoms with Crippen molar-refractivity contribution in [3.05, 3.63) is 47.8 Å². The predicted molar refractivity (Wildman–Crippen MR) is 127 cm³/mol. The van der Waals surface area contributed by atoms with Crippen LogP contribution in [0.5, 0.6) is 5.75 Å². The zero-order chi connectivity index (χ0) is 26.3. The average molecular weight is 521 g/mol. The molecule has 0 bridgehead atoms. The predicted octanol–water partition coefficient (Wildman–Crippen LogP) is 2.06. The van der Waals surface area contributed by atoms with E-state index in [9.17, 15) is 22.8 Å². The van der Waals surface area contributed by atoms with Crippen molar-refractivity contribution in [2.24, 2.45) is 7.05 Å². The molecule has 200 valence electrons. The van der Waals surface area contributed by atoms with Crippen LogP contribution in [0.1, 0.15) is 36.3 Å². The van der Waals surface area contributed by atoms with Gasteiger partial charge < -0.3 is 14.5 Å². The number of nitrogens with zero attached hydrogens (tertiary/aromatic N) is 5. The fourth-order valence-corrected chi connectivity index (χ4v) is 5.80. The number of aryl methyl sites for hydroxylation is 1. The molecule has 0 spiro atoms. The largest absolute Gasteiger partial charge is 0.573 e. The van der Waals surface area contributed by atoms with Crippen molar-refractivity contribution in [1.82, 2.24) is 29.8 Å². The summed E-state index contributed by atoms with van der Waals surface area (Å²) in [4.78, 5) is 31.6. The Morgan fingerprint density at radius 2 is 1.78 bits per heavy atom. The number of benzene rings is 1. The Morgan fingerprint density at radius 1 is 1.08 bits per heavy atom. The summed E-state index contributed by atoms with van der Waals surface area (Å²) in [6.45, 7) is 2.72. The molecule has 3 aliphatic heterocycles. The molecule has 1 N–H and O–H groups in total. The molecular formula is C25H31F3N6O3. The van der Waals surface area contributed by atoms with Gasteiger partial charge in [0.15, 0.2) is 0 Å². The lowest BCUT2D eigenvalue weighted by atomic mass is 9.85. The van der Waals surface area contributed by atoms with E-state index in [4.69, 9.17) is 0 Å². The summed E-state index contributed by atoms with van der Waals surface area (Å²) in [6.07, 6.45) is 1.09. The van der Waals surface area contributed by atoms with Crippen molar-refractivity contribution in [1.29, 1.82) is 0 Å². The summed E-state index contributed by atoms with van der Waals surface area (Å²) in [5.74, 6) is -0.975. The van der Waals surface area contributed by atoms with Gasteiger partial charge >= 0.3 is 18.2 Å². The van der Waals surface area contributed by atoms with E-state index in [2.05, 4.69) is 20.1 Å². The third-order valence-electron chi connectivity index (χ3n) is 7.71. The Morgan fingerprint density at radius 3 is 2.41 bits per heavy atom. The topological polar surface area (TPSA) is 82.9 Å². The molecule has 3 fully saturated rings. The summed E-state index contributed by atoms with van der Waals surface area (Å²) in [6, 6.07) is 5.71. The minimum Gasteiger partial charge on any atom is -0.406 e. The number of ether oxygens (including phenoxy) is 1. The van der Waals surface area contributed by atoms with E-state index in [1.807, 2.05) is 19.4 Å². The van der Waals surface area contributed by atoms with Gasteiger partial charge in [-0.25, -0.2) is 0 Å². The summed E-state index contributed by atoms with van der Waals surface area (Å²) in [5, 5.41) is 7.82. The highest BCUT2D eigenvalue weighted by molar-refractivity contribution is 6.35. The fraction of sp³-hybridized carbons (Fsp3) is 0.560. The van der Waals surface area contributed by atoms with Crippen molar-refractivity contribution in [2.45, 2.75) is 56.3 Å². The number of rotatable bonds is 5. The summed E-state index contributed by atoms with van der Waals surface area (Å²) >= 11 is 0. The highest BCUT2D eigenvalue weighted by Crippen LogP contribution is 2.34. The van der Waals surface area contributed by atoms with Gasteiger partial charge in [-0.3, -0.25) is 24.5 Å². The molecule has 37 heavy (non-hydrogen) atoms. The van der Waals surface area contributed by atoms with Gasteiger partial charge in [0.1, 0.15) is 11.9 Å².